The SMILES string of the molecule is O=c1[nH]nc(-c2ccc(F)c(F)c2Br)[nH]1. The highest BCUT2D eigenvalue weighted by Crippen LogP contribution is 2.28. The van der Waals surface area contributed by atoms with Crippen LogP contribution in [0.1, 0.15) is 0 Å². The molecule has 4 nitrogen and oxygen atoms in total. The van der Waals surface area contributed by atoms with Gasteiger partial charge in [-0.3, -0.25) is 4.98 Å². The van der Waals surface area contributed by atoms with Crippen LogP contribution in [0.3, 0.4) is 0 Å². The van der Waals surface area contributed by atoms with Gasteiger partial charge in [-0.05, 0) is 28.1 Å². The van der Waals surface area contributed by atoms with Gasteiger partial charge < -0.3 is 0 Å². The fourth-order valence-corrected chi connectivity index (χ4v) is 1.62. The Hall–Kier alpha value is -1.50. The molecule has 0 atom stereocenters. The highest BCUT2D eigenvalue weighted by molar-refractivity contribution is 9.10. The molecule has 0 spiro atoms. The highest BCUT2D eigenvalue weighted by atomic mass is 79.9. The van der Waals surface area contributed by atoms with Crippen LogP contribution >= 0.6 is 15.9 Å². The maximum atomic E-state index is 13.1. The molecule has 0 radical (unpaired) electrons. The van der Waals surface area contributed by atoms with Crippen LogP contribution in [-0.2, 0) is 0 Å². The Bertz CT molecular complexity index is 563. The Morgan fingerprint density at radius 2 is 2.07 bits per heavy atom. The molecule has 0 saturated heterocycles. The van der Waals surface area contributed by atoms with Crippen molar-refractivity contribution in [2.45, 2.75) is 0 Å². The Morgan fingerprint density at radius 1 is 1.33 bits per heavy atom. The minimum absolute atomic E-state index is 0.0785. The van der Waals surface area contributed by atoms with Crippen LogP contribution in [0.25, 0.3) is 11.4 Å². The van der Waals surface area contributed by atoms with Crippen LogP contribution in [0.2, 0.25) is 0 Å². The molecule has 0 amide bonds. The summed E-state index contributed by atoms with van der Waals surface area (Å²) in [5.74, 6) is -1.84. The monoisotopic (exact) mass is 275 g/mol. The van der Waals surface area contributed by atoms with Crippen molar-refractivity contribution in [1.29, 1.82) is 0 Å². The van der Waals surface area contributed by atoms with Crippen molar-refractivity contribution in [1.82, 2.24) is 15.2 Å². The summed E-state index contributed by atoms with van der Waals surface area (Å²) >= 11 is 2.89. The van der Waals surface area contributed by atoms with E-state index in [1.54, 1.807) is 0 Å². The third-order valence-corrected chi connectivity index (χ3v) is 2.57. The van der Waals surface area contributed by atoms with Crippen LogP contribution in [0, 0.1) is 11.6 Å². The van der Waals surface area contributed by atoms with E-state index in [1.165, 1.54) is 6.07 Å². The van der Waals surface area contributed by atoms with Gasteiger partial charge in [0, 0.05) is 5.56 Å². The number of nitrogens with one attached hydrogen (secondary N) is 2. The summed E-state index contributed by atoms with van der Waals surface area (Å²) in [5.41, 5.74) is -0.242. The van der Waals surface area contributed by atoms with E-state index >= 15 is 0 Å². The zero-order valence-corrected chi connectivity index (χ0v) is 8.73. The molecule has 1 heterocycles. The summed E-state index contributed by atoms with van der Waals surface area (Å²) in [6.07, 6.45) is 0. The van der Waals surface area contributed by atoms with Gasteiger partial charge in [0.15, 0.2) is 17.5 Å². The molecular formula is C8H4BrF2N3O. The van der Waals surface area contributed by atoms with E-state index in [-0.39, 0.29) is 15.9 Å². The second kappa shape index (κ2) is 3.58. The fourth-order valence-electron chi connectivity index (χ4n) is 1.11. The quantitative estimate of drug-likeness (QED) is 0.780. The fraction of sp³-hybridized carbons (Fsp3) is 0. The highest BCUT2D eigenvalue weighted by Gasteiger charge is 2.14. The van der Waals surface area contributed by atoms with Crippen LogP contribution in [0.4, 0.5) is 8.78 Å². The van der Waals surface area contributed by atoms with Crippen LogP contribution < -0.4 is 5.69 Å². The summed E-state index contributed by atoms with van der Waals surface area (Å²) in [6.45, 7) is 0. The lowest BCUT2D eigenvalue weighted by Crippen LogP contribution is -2.00. The Morgan fingerprint density at radius 3 is 2.67 bits per heavy atom. The molecule has 1 aromatic carbocycles. The maximum Gasteiger partial charge on any atom is 0.340 e. The molecule has 0 saturated carbocycles. The van der Waals surface area contributed by atoms with Crippen molar-refractivity contribution >= 4 is 15.9 Å². The summed E-state index contributed by atoms with van der Waals surface area (Å²) in [6, 6.07) is 2.27. The van der Waals surface area contributed by atoms with Gasteiger partial charge >= 0.3 is 5.69 Å². The number of hydrogen-bond donors (Lipinski definition) is 2. The standard InChI is InChI=1S/C8H4BrF2N3O/c9-5-3(1-2-4(10)6(5)11)7-12-8(15)14-13-7/h1-2H,(H2,12,13,14,15). The van der Waals surface area contributed by atoms with Gasteiger partial charge in [-0.1, -0.05) is 0 Å². The van der Waals surface area contributed by atoms with Gasteiger partial charge in [-0.2, -0.15) is 5.10 Å². The number of aromatic amines is 2. The van der Waals surface area contributed by atoms with Gasteiger partial charge in [-0.15, -0.1) is 0 Å². The number of nitrogens with zero attached hydrogens (tertiary/aromatic N) is 1. The van der Waals surface area contributed by atoms with E-state index in [4.69, 9.17) is 0 Å². The molecule has 2 N–H and O–H groups in total. The van der Waals surface area contributed by atoms with Gasteiger partial charge in [-0.25, -0.2) is 18.7 Å². The first kappa shape index (κ1) is 10.0. The molecule has 78 valence electrons. The molecule has 2 aromatic rings. The zero-order valence-electron chi connectivity index (χ0n) is 7.14. The van der Waals surface area contributed by atoms with Gasteiger partial charge in [0.1, 0.15) is 0 Å². The molecule has 0 bridgehead atoms. The molecule has 15 heavy (non-hydrogen) atoms. The molecule has 0 aliphatic carbocycles. The van der Waals surface area contributed by atoms with Crippen molar-refractivity contribution in [3.05, 3.63) is 38.7 Å². The van der Waals surface area contributed by atoms with Crippen LogP contribution in [0.15, 0.2) is 21.4 Å². The summed E-state index contributed by atoms with van der Waals surface area (Å²) < 4.78 is 25.8. The minimum Gasteiger partial charge on any atom is -0.289 e. The minimum atomic E-state index is -1.02. The van der Waals surface area contributed by atoms with E-state index in [1.807, 2.05) is 0 Å². The lowest BCUT2D eigenvalue weighted by molar-refractivity contribution is 0.504. The number of halogens is 3. The maximum absolute atomic E-state index is 13.1. The largest absolute Gasteiger partial charge is 0.340 e. The molecule has 0 unspecified atom stereocenters. The predicted molar refractivity (Wildman–Crippen MR) is 52.3 cm³/mol. The lowest BCUT2D eigenvalue weighted by Gasteiger charge is -2.01. The van der Waals surface area contributed by atoms with Crippen molar-refractivity contribution in [2.75, 3.05) is 0 Å². The first-order valence-electron chi connectivity index (χ1n) is 3.88. The normalized spacial score (nSPS) is 10.6. The number of rotatable bonds is 1. The van der Waals surface area contributed by atoms with Crippen LogP contribution in [0.5, 0.6) is 0 Å². The molecule has 1 aromatic heterocycles. The van der Waals surface area contributed by atoms with Crippen molar-refractivity contribution < 1.29 is 8.78 Å². The van der Waals surface area contributed by atoms with Crippen molar-refractivity contribution in [3.63, 3.8) is 0 Å². The predicted octanol–water partition coefficient (Wildman–Crippen LogP) is 1.81. The summed E-state index contributed by atoms with van der Waals surface area (Å²) in [5, 5.41) is 5.74. The molecule has 2 rings (SSSR count). The molecular weight excluding hydrogens is 272 g/mol. The van der Waals surface area contributed by atoms with E-state index < -0.39 is 17.3 Å². The average molecular weight is 276 g/mol. The first-order chi connectivity index (χ1) is 7.09. The van der Waals surface area contributed by atoms with E-state index in [9.17, 15) is 13.6 Å². The van der Waals surface area contributed by atoms with E-state index in [0.29, 0.717) is 0 Å². The Labute approximate surface area is 90.5 Å². The Balaban J connectivity index is 2.64. The number of H-pyrrole nitrogens is 2. The molecule has 0 aliphatic heterocycles. The van der Waals surface area contributed by atoms with Crippen molar-refractivity contribution in [3.8, 4) is 11.4 Å². The number of hydrogen-bond acceptors (Lipinski definition) is 2. The third kappa shape index (κ3) is 1.70. The topological polar surface area (TPSA) is 61.5 Å². The van der Waals surface area contributed by atoms with Crippen molar-refractivity contribution in [2.24, 2.45) is 0 Å². The van der Waals surface area contributed by atoms with Crippen LogP contribution in [-0.4, -0.2) is 15.2 Å². The van der Waals surface area contributed by atoms with Gasteiger partial charge in [0.25, 0.3) is 0 Å². The van der Waals surface area contributed by atoms with E-state index in [0.717, 1.165) is 6.07 Å². The van der Waals surface area contributed by atoms with E-state index in [2.05, 4.69) is 31.1 Å². The molecule has 0 fully saturated rings. The van der Waals surface area contributed by atoms with Gasteiger partial charge in [0.05, 0.1) is 4.47 Å². The smallest absolute Gasteiger partial charge is 0.289 e. The first-order valence-corrected chi connectivity index (χ1v) is 4.67. The summed E-state index contributed by atoms with van der Waals surface area (Å²) in [7, 11) is 0. The molecule has 7 heteroatoms. The second-order valence-electron chi connectivity index (χ2n) is 2.75. The second-order valence-corrected chi connectivity index (χ2v) is 3.54. The summed E-state index contributed by atoms with van der Waals surface area (Å²) in [4.78, 5) is 13.1. The van der Waals surface area contributed by atoms with Gasteiger partial charge in [0.2, 0.25) is 0 Å². The third-order valence-electron chi connectivity index (χ3n) is 1.79. The average Bonchev–Trinajstić information content (AvgIpc) is 2.61. The lowest BCUT2D eigenvalue weighted by atomic mass is 10.2. The zero-order chi connectivity index (χ0) is 11.0. The molecule has 0 aliphatic rings. The Kier molecular flexibility index (Phi) is 2.39. The number of aromatic nitrogens is 3. The number of benzene rings is 1.